The number of nitrogens with zero attached hydrogens (tertiary/aromatic N) is 1. The van der Waals surface area contributed by atoms with E-state index in [1.807, 2.05) is 6.92 Å². The predicted octanol–water partition coefficient (Wildman–Crippen LogP) is 0.559. The summed E-state index contributed by atoms with van der Waals surface area (Å²) in [6.07, 6.45) is 2.15. The van der Waals surface area contributed by atoms with Gasteiger partial charge in [-0.25, -0.2) is 4.79 Å². The number of nitrogens with one attached hydrogen (secondary N) is 1. The lowest BCUT2D eigenvalue weighted by molar-refractivity contribution is 0.0506. The number of ether oxygens (including phenoxy) is 1. The van der Waals surface area contributed by atoms with E-state index in [2.05, 4.69) is 10.2 Å². The lowest BCUT2D eigenvalue weighted by Gasteiger charge is -1.99. The van der Waals surface area contributed by atoms with Crippen LogP contribution in [0.2, 0.25) is 0 Å². The molecule has 3 N–H and O–H groups in total. The summed E-state index contributed by atoms with van der Waals surface area (Å²) in [6, 6.07) is 0. The second kappa shape index (κ2) is 3.75. The molecule has 66 valence electrons. The van der Waals surface area contributed by atoms with Crippen molar-refractivity contribution in [2.45, 2.75) is 13.3 Å². The van der Waals surface area contributed by atoms with Crippen molar-refractivity contribution in [2.75, 3.05) is 12.3 Å². The number of aromatic nitrogens is 2. The van der Waals surface area contributed by atoms with Gasteiger partial charge in [0.1, 0.15) is 11.4 Å². The summed E-state index contributed by atoms with van der Waals surface area (Å²) in [4.78, 5) is 11.1. The molecule has 0 spiro atoms. The molecular weight excluding hydrogens is 158 g/mol. The number of H-pyrrole nitrogens is 1. The first-order valence-electron chi connectivity index (χ1n) is 3.71. The normalized spacial score (nSPS) is 9.75. The molecule has 5 heteroatoms. The maximum Gasteiger partial charge on any atom is 0.343 e. The van der Waals surface area contributed by atoms with Crippen LogP contribution in [-0.4, -0.2) is 22.8 Å². The Bertz CT molecular complexity index is 269. The fourth-order valence-corrected chi connectivity index (χ4v) is 0.731. The minimum atomic E-state index is -0.428. The van der Waals surface area contributed by atoms with E-state index in [9.17, 15) is 4.79 Å². The summed E-state index contributed by atoms with van der Waals surface area (Å²) >= 11 is 0. The van der Waals surface area contributed by atoms with Gasteiger partial charge in [-0.3, -0.25) is 5.10 Å². The zero-order valence-corrected chi connectivity index (χ0v) is 6.83. The minimum absolute atomic E-state index is 0.246. The van der Waals surface area contributed by atoms with Crippen molar-refractivity contribution >= 4 is 11.8 Å². The number of aromatic amines is 1. The highest BCUT2D eigenvalue weighted by Gasteiger charge is 2.11. The highest BCUT2D eigenvalue weighted by molar-refractivity contribution is 5.93. The quantitative estimate of drug-likeness (QED) is 0.648. The smallest absolute Gasteiger partial charge is 0.343 e. The molecular formula is C7H11N3O2. The zero-order chi connectivity index (χ0) is 8.97. The van der Waals surface area contributed by atoms with Crippen molar-refractivity contribution < 1.29 is 9.53 Å². The van der Waals surface area contributed by atoms with Crippen LogP contribution in [0.15, 0.2) is 6.20 Å². The number of hydrogen-bond donors (Lipinski definition) is 2. The van der Waals surface area contributed by atoms with Gasteiger partial charge in [0, 0.05) is 0 Å². The van der Waals surface area contributed by atoms with Crippen molar-refractivity contribution in [3.8, 4) is 0 Å². The van der Waals surface area contributed by atoms with Gasteiger partial charge in [-0.05, 0) is 6.42 Å². The second-order valence-corrected chi connectivity index (χ2v) is 2.33. The summed E-state index contributed by atoms with van der Waals surface area (Å²) in [7, 11) is 0. The Morgan fingerprint density at radius 2 is 2.58 bits per heavy atom. The fraction of sp³-hybridized carbons (Fsp3) is 0.429. The third kappa shape index (κ3) is 1.75. The van der Waals surface area contributed by atoms with Crippen LogP contribution in [0.25, 0.3) is 0 Å². The van der Waals surface area contributed by atoms with Crippen LogP contribution in [0.5, 0.6) is 0 Å². The van der Waals surface area contributed by atoms with Gasteiger partial charge in [0.05, 0.1) is 12.8 Å². The van der Waals surface area contributed by atoms with Crippen molar-refractivity contribution in [1.82, 2.24) is 10.2 Å². The third-order valence-electron chi connectivity index (χ3n) is 1.33. The van der Waals surface area contributed by atoms with Crippen LogP contribution < -0.4 is 5.73 Å². The molecule has 0 atom stereocenters. The van der Waals surface area contributed by atoms with E-state index in [4.69, 9.17) is 10.5 Å². The SMILES string of the molecule is CCCOC(=O)c1cn[nH]c1N. The largest absolute Gasteiger partial charge is 0.462 e. The number of nitrogens with two attached hydrogens (primary N) is 1. The molecule has 0 aliphatic heterocycles. The predicted molar refractivity (Wildman–Crippen MR) is 43.6 cm³/mol. The molecule has 5 nitrogen and oxygen atoms in total. The van der Waals surface area contributed by atoms with E-state index >= 15 is 0 Å². The molecule has 0 aliphatic carbocycles. The van der Waals surface area contributed by atoms with Gasteiger partial charge < -0.3 is 10.5 Å². The summed E-state index contributed by atoms with van der Waals surface area (Å²) in [5.41, 5.74) is 5.69. The average Bonchev–Trinajstić information content (AvgIpc) is 2.47. The second-order valence-electron chi connectivity index (χ2n) is 2.33. The number of esters is 1. The number of hydrogen-bond acceptors (Lipinski definition) is 4. The van der Waals surface area contributed by atoms with Gasteiger partial charge in [0.2, 0.25) is 0 Å². The number of carbonyl (C=O) groups excluding carboxylic acids is 1. The van der Waals surface area contributed by atoms with E-state index in [1.54, 1.807) is 0 Å². The summed E-state index contributed by atoms with van der Waals surface area (Å²) in [6.45, 7) is 2.33. The minimum Gasteiger partial charge on any atom is -0.462 e. The lowest BCUT2D eigenvalue weighted by Crippen LogP contribution is -2.07. The number of carbonyl (C=O) groups is 1. The Morgan fingerprint density at radius 3 is 3.08 bits per heavy atom. The highest BCUT2D eigenvalue weighted by atomic mass is 16.5. The molecule has 0 saturated carbocycles. The van der Waals surface area contributed by atoms with Crippen molar-refractivity contribution in [3.63, 3.8) is 0 Å². The molecule has 1 aromatic rings. The fourth-order valence-electron chi connectivity index (χ4n) is 0.731. The number of anilines is 1. The first-order valence-corrected chi connectivity index (χ1v) is 3.71. The van der Waals surface area contributed by atoms with E-state index < -0.39 is 5.97 Å². The first-order chi connectivity index (χ1) is 5.75. The summed E-state index contributed by atoms with van der Waals surface area (Å²) < 4.78 is 4.84. The molecule has 0 radical (unpaired) electrons. The summed E-state index contributed by atoms with van der Waals surface area (Å²) in [5, 5.41) is 6.05. The number of rotatable bonds is 3. The highest BCUT2D eigenvalue weighted by Crippen LogP contribution is 2.07. The molecule has 0 aromatic carbocycles. The topological polar surface area (TPSA) is 81.0 Å². The van der Waals surface area contributed by atoms with Crippen LogP contribution in [-0.2, 0) is 4.74 Å². The maximum absolute atomic E-state index is 11.1. The van der Waals surface area contributed by atoms with Crippen LogP contribution in [0.4, 0.5) is 5.82 Å². The van der Waals surface area contributed by atoms with Crippen LogP contribution >= 0.6 is 0 Å². The van der Waals surface area contributed by atoms with E-state index in [1.165, 1.54) is 6.20 Å². The molecule has 0 bridgehead atoms. The average molecular weight is 169 g/mol. The van der Waals surface area contributed by atoms with Gasteiger partial charge in [-0.15, -0.1) is 0 Å². The van der Waals surface area contributed by atoms with Gasteiger partial charge in [0.25, 0.3) is 0 Å². The van der Waals surface area contributed by atoms with E-state index in [-0.39, 0.29) is 5.82 Å². The zero-order valence-electron chi connectivity index (χ0n) is 6.83. The Balaban J connectivity index is 2.59. The molecule has 1 aromatic heterocycles. The molecule has 0 saturated heterocycles. The van der Waals surface area contributed by atoms with Crippen molar-refractivity contribution in [3.05, 3.63) is 11.8 Å². The Labute approximate surface area is 69.9 Å². The molecule has 1 rings (SSSR count). The van der Waals surface area contributed by atoms with Crippen LogP contribution in [0, 0.1) is 0 Å². The number of nitrogen functional groups attached to an aromatic ring is 1. The van der Waals surface area contributed by atoms with Crippen LogP contribution in [0.3, 0.4) is 0 Å². The monoisotopic (exact) mass is 169 g/mol. The molecule has 1 heterocycles. The Hall–Kier alpha value is -1.52. The van der Waals surface area contributed by atoms with Crippen molar-refractivity contribution in [2.24, 2.45) is 0 Å². The van der Waals surface area contributed by atoms with Gasteiger partial charge in [-0.1, -0.05) is 6.92 Å². The Kier molecular flexibility index (Phi) is 2.68. The van der Waals surface area contributed by atoms with Gasteiger partial charge in [0.15, 0.2) is 0 Å². The molecule has 0 unspecified atom stereocenters. The van der Waals surface area contributed by atoms with Gasteiger partial charge in [-0.2, -0.15) is 5.10 Å². The standard InChI is InChI=1S/C7H11N3O2/c1-2-3-12-7(11)5-4-9-10-6(5)8/h4H,2-3H2,1H3,(H3,8,9,10). The van der Waals surface area contributed by atoms with Gasteiger partial charge >= 0.3 is 5.97 Å². The summed E-state index contributed by atoms with van der Waals surface area (Å²) in [5.74, 6) is -0.181. The maximum atomic E-state index is 11.1. The molecule has 0 fully saturated rings. The Morgan fingerprint density at radius 1 is 1.83 bits per heavy atom. The first kappa shape index (κ1) is 8.58. The molecule has 12 heavy (non-hydrogen) atoms. The van der Waals surface area contributed by atoms with Crippen molar-refractivity contribution in [1.29, 1.82) is 0 Å². The molecule has 0 aliphatic rings. The lowest BCUT2D eigenvalue weighted by atomic mass is 10.3. The van der Waals surface area contributed by atoms with E-state index in [0.29, 0.717) is 12.2 Å². The molecule has 0 amide bonds. The van der Waals surface area contributed by atoms with E-state index in [0.717, 1.165) is 6.42 Å². The third-order valence-corrected chi connectivity index (χ3v) is 1.33. The van der Waals surface area contributed by atoms with Crippen LogP contribution in [0.1, 0.15) is 23.7 Å².